The zero-order chi connectivity index (χ0) is 20.1. The molecule has 4 rings (SSSR count). The van der Waals surface area contributed by atoms with E-state index in [1.807, 2.05) is 0 Å². The first-order valence-electron chi connectivity index (χ1n) is 11.0. The number of hydrogen-bond donors (Lipinski definition) is 2. The molecule has 7 heteroatoms. The van der Waals surface area contributed by atoms with Gasteiger partial charge in [-0.3, -0.25) is 0 Å². The molecule has 2 aromatic rings. The number of aryl methyl sites for hydroxylation is 2. The van der Waals surface area contributed by atoms with E-state index in [9.17, 15) is 0 Å². The Morgan fingerprint density at radius 2 is 2.00 bits per heavy atom. The predicted octanol–water partition coefficient (Wildman–Crippen LogP) is 2.65. The van der Waals surface area contributed by atoms with Gasteiger partial charge in [0.1, 0.15) is 12.4 Å². The summed E-state index contributed by atoms with van der Waals surface area (Å²) in [5.41, 5.74) is 2.60. The summed E-state index contributed by atoms with van der Waals surface area (Å²) in [6.07, 6.45) is 5.84. The molecule has 0 amide bonds. The van der Waals surface area contributed by atoms with Gasteiger partial charge in [-0.25, -0.2) is 4.99 Å². The fourth-order valence-electron chi connectivity index (χ4n) is 4.19. The highest BCUT2D eigenvalue weighted by molar-refractivity contribution is 5.80. The molecule has 7 nitrogen and oxygen atoms in total. The number of hydrogen-bond acceptors (Lipinski definition) is 4. The van der Waals surface area contributed by atoms with E-state index < -0.39 is 0 Å². The van der Waals surface area contributed by atoms with E-state index in [1.165, 1.54) is 30.5 Å². The second kappa shape index (κ2) is 9.29. The van der Waals surface area contributed by atoms with E-state index in [-0.39, 0.29) is 0 Å². The lowest BCUT2D eigenvalue weighted by molar-refractivity contribution is 0.603. The third kappa shape index (κ3) is 4.89. The molecule has 1 atom stereocenters. The molecule has 0 radical (unpaired) electrons. The minimum absolute atomic E-state index is 0.393. The van der Waals surface area contributed by atoms with Gasteiger partial charge in [0.2, 0.25) is 0 Å². The van der Waals surface area contributed by atoms with Gasteiger partial charge in [-0.05, 0) is 45.2 Å². The summed E-state index contributed by atoms with van der Waals surface area (Å²) < 4.78 is 2.27. The standard InChI is InChI=1S/C22H33N7/c1-3-23-22(24-15-21-27-26-20-7-5-4-6-13-29(20)21)25-18-12-14-28(16-18)19-10-8-17(2)9-11-19/h8-11,18H,3-7,12-16H2,1-2H3,(H2,23,24,25). The van der Waals surface area contributed by atoms with Crippen molar-refractivity contribution >= 4 is 11.6 Å². The second-order valence-corrected chi connectivity index (χ2v) is 8.10. The normalized spacial score (nSPS) is 19.7. The van der Waals surface area contributed by atoms with Gasteiger partial charge >= 0.3 is 0 Å². The molecule has 2 aliphatic rings. The van der Waals surface area contributed by atoms with E-state index in [0.29, 0.717) is 12.6 Å². The Kier molecular flexibility index (Phi) is 6.32. The molecule has 2 N–H and O–H groups in total. The predicted molar refractivity (Wildman–Crippen MR) is 117 cm³/mol. The van der Waals surface area contributed by atoms with Crippen molar-refractivity contribution in [2.24, 2.45) is 4.99 Å². The van der Waals surface area contributed by atoms with E-state index in [0.717, 1.165) is 56.6 Å². The number of benzene rings is 1. The van der Waals surface area contributed by atoms with Gasteiger partial charge in [-0.1, -0.05) is 24.1 Å². The van der Waals surface area contributed by atoms with E-state index in [2.05, 4.69) is 68.4 Å². The van der Waals surface area contributed by atoms with Crippen LogP contribution in [0.15, 0.2) is 29.3 Å². The van der Waals surface area contributed by atoms with Crippen LogP contribution >= 0.6 is 0 Å². The molecule has 1 saturated heterocycles. The molecule has 156 valence electrons. The molecule has 1 unspecified atom stereocenters. The van der Waals surface area contributed by atoms with Crippen molar-refractivity contribution in [2.45, 2.75) is 65.1 Å². The van der Waals surface area contributed by atoms with Crippen LogP contribution in [0, 0.1) is 6.92 Å². The Hall–Kier alpha value is -2.57. The number of fused-ring (bicyclic) bond motifs is 1. The number of aromatic nitrogens is 3. The molecule has 1 fully saturated rings. The molecule has 1 aromatic heterocycles. The first kappa shape index (κ1) is 19.7. The minimum atomic E-state index is 0.393. The summed E-state index contributed by atoms with van der Waals surface area (Å²) in [5.74, 6) is 2.97. The number of rotatable bonds is 5. The van der Waals surface area contributed by atoms with Crippen LogP contribution in [-0.2, 0) is 19.5 Å². The Bertz CT molecular complexity index is 824. The highest BCUT2D eigenvalue weighted by atomic mass is 15.3. The number of nitrogens with one attached hydrogen (secondary N) is 2. The van der Waals surface area contributed by atoms with E-state index >= 15 is 0 Å². The summed E-state index contributed by atoms with van der Waals surface area (Å²) in [5, 5.41) is 15.8. The van der Waals surface area contributed by atoms with Crippen LogP contribution in [0.1, 0.15) is 49.8 Å². The highest BCUT2D eigenvalue weighted by Crippen LogP contribution is 2.21. The molecule has 0 bridgehead atoms. The first-order valence-corrected chi connectivity index (χ1v) is 11.0. The SMILES string of the molecule is CCNC(=NCc1nnc2n1CCCCC2)NC1CCN(c2ccc(C)cc2)C1. The number of guanidine groups is 1. The molecular weight excluding hydrogens is 362 g/mol. The monoisotopic (exact) mass is 395 g/mol. The minimum Gasteiger partial charge on any atom is -0.369 e. The summed E-state index contributed by atoms with van der Waals surface area (Å²) >= 11 is 0. The Balaban J connectivity index is 1.38. The van der Waals surface area contributed by atoms with Gasteiger partial charge in [-0.15, -0.1) is 10.2 Å². The van der Waals surface area contributed by atoms with Crippen LogP contribution in [0.3, 0.4) is 0 Å². The topological polar surface area (TPSA) is 70.4 Å². The van der Waals surface area contributed by atoms with Crippen molar-refractivity contribution in [1.29, 1.82) is 0 Å². The molecule has 2 aliphatic heterocycles. The summed E-state index contributed by atoms with van der Waals surface area (Å²) in [7, 11) is 0. The maximum absolute atomic E-state index is 4.82. The van der Waals surface area contributed by atoms with Gasteiger partial charge in [0, 0.05) is 44.3 Å². The lowest BCUT2D eigenvalue weighted by Crippen LogP contribution is -2.44. The van der Waals surface area contributed by atoms with Crippen molar-refractivity contribution in [3.8, 4) is 0 Å². The van der Waals surface area contributed by atoms with Crippen LogP contribution in [0.4, 0.5) is 5.69 Å². The molecule has 0 spiro atoms. The average Bonchev–Trinajstić information content (AvgIpc) is 3.27. The van der Waals surface area contributed by atoms with Crippen LogP contribution in [0.2, 0.25) is 0 Å². The van der Waals surface area contributed by atoms with Crippen molar-refractivity contribution in [1.82, 2.24) is 25.4 Å². The highest BCUT2D eigenvalue weighted by Gasteiger charge is 2.23. The van der Waals surface area contributed by atoms with Gasteiger partial charge in [0.05, 0.1) is 0 Å². The van der Waals surface area contributed by atoms with Gasteiger partial charge in [-0.2, -0.15) is 0 Å². The molecule has 29 heavy (non-hydrogen) atoms. The van der Waals surface area contributed by atoms with Crippen molar-refractivity contribution in [3.05, 3.63) is 41.5 Å². The van der Waals surface area contributed by atoms with Crippen molar-refractivity contribution < 1.29 is 0 Å². The van der Waals surface area contributed by atoms with Gasteiger partial charge in [0.25, 0.3) is 0 Å². The fourth-order valence-corrected chi connectivity index (χ4v) is 4.19. The molecule has 3 heterocycles. The molecular formula is C22H33N7. The molecule has 1 aromatic carbocycles. The van der Waals surface area contributed by atoms with E-state index in [1.54, 1.807) is 0 Å². The maximum atomic E-state index is 4.82. The fraction of sp³-hybridized carbons (Fsp3) is 0.591. The number of aliphatic imine (C=N–C) groups is 1. The lowest BCUT2D eigenvalue weighted by atomic mass is 10.2. The second-order valence-electron chi connectivity index (χ2n) is 8.10. The lowest BCUT2D eigenvalue weighted by Gasteiger charge is -2.20. The third-order valence-corrected chi connectivity index (χ3v) is 5.84. The van der Waals surface area contributed by atoms with Crippen molar-refractivity contribution in [2.75, 3.05) is 24.5 Å². The summed E-state index contributed by atoms with van der Waals surface area (Å²) in [6, 6.07) is 9.19. The number of anilines is 1. The number of nitrogens with zero attached hydrogens (tertiary/aromatic N) is 5. The van der Waals surface area contributed by atoms with Crippen LogP contribution in [-0.4, -0.2) is 46.4 Å². The zero-order valence-corrected chi connectivity index (χ0v) is 17.7. The summed E-state index contributed by atoms with van der Waals surface area (Å²) in [4.78, 5) is 7.26. The van der Waals surface area contributed by atoms with Crippen molar-refractivity contribution in [3.63, 3.8) is 0 Å². The summed E-state index contributed by atoms with van der Waals surface area (Å²) in [6.45, 7) is 8.73. The Labute approximate surface area is 173 Å². The van der Waals surface area contributed by atoms with Crippen LogP contribution < -0.4 is 15.5 Å². The quantitative estimate of drug-likeness (QED) is 0.602. The Morgan fingerprint density at radius 1 is 1.14 bits per heavy atom. The molecule has 0 saturated carbocycles. The smallest absolute Gasteiger partial charge is 0.191 e. The average molecular weight is 396 g/mol. The van der Waals surface area contributed by atoms with Crippen LogP contribution in [0.25, 0.3) is 0 Å². The zero-order valence-electron chi connectivity index (χ0n) is 17.7. The Morgan fingerprint density at radius 3 is 2.83 bits per heavy atom. The van der Waals surface area contributed by atoms with Crippen LogP contribution in [0.5, 0.6) is 0 Å². The van der Waals surface area contributed by atoms with E-state index in [4.69, 9.17) is 4.99 Å². The van der Waals surface area contributed by atoms with Gasteiger partial charge in [0.15, 0.2) is 11.8 Å². The molecule has 0 aliphatic carbocycles. The largest absolute Gasteiger partial charge is 0.369 e. The maximum Gasteiger partial charge on any atom is 0.191 e. The third-order valence-electron chi connectivity index (χ3n) is 5.84. The van der Waals surface area contributed by atoms with Gasteiger partial charge < -0.3 is 20.1 Å². The first-order chi connectivity index (χ1) is 14.2.